The van der Waals surface area contributed by atoms with Crippen LogP contribution in [-0.2, 0) is 4.79 Å². The molecule has 1 aromatic heterocycles. The van der Waals surface area contributed by atoms with E-state index in [1.807, 2.05) is 35.2 Å². The predicted molar refractivity (Wildman–Crippen MR) is 86.9 cm³/mol. The summed E-state index contributed by atoms with van der Waals surface area (Å²) < 4.78 is 5.62. The molecule has 2 unspecified atom stereocenters. The minimum atomic E-state index is -0.179. The topological polar surface area (TPSA) is 59.2 Å². The third kappa shape index (κ3) is 3.78. The number of hydrogen-bond acceptors (Lipinski definition) is 4. The number of benzene rings is 1. The molecule has 1 aromatic carbocycles. The van der Waals surface area contributed by atoms with Gasteiger partial charge in [0.05, 0.1) is 5.92 Å². The van der Waals surface area contributed by atoms with Gasteiger partial charge in [0.1, 0.15) is 0 Å². The molecule has 2 heterocycles. The summed E-state index contributed by atoms with van der Waals surface area (Å²) in [5.41, 5.74) is 1.04. The molecule has 1 saturated heterocycles. The number of amides is 1. The normalized spacial score (nSPS) is 19.6. The fourth-order valence-corrected chi connectivity index (χ4v) is 3.21. The van der Waals surface area contributed by atoms with Gasteiger partial charge in [0.25, 0.3) is 0 Å². The Kier molecular flexibility index (Phi) is 4.74. The SMILES string of the molecule is Cc1nnc(C(CC(=O)N2CCCC(C)C2)c2ccccc2)o1. The van der Waals surface area contributed by atoms with Crippen LogP contribution in [-0.4, -0.2) is 34.1 Å². The van der Waals surface area contributed by atoms with Crippen LogP contribution in [0.2, 0.25) is 0 Å². The fraction of sp³-hybridized carbons (Fsp3) is 0.500. The van der Waals surface area contributed by atoms with Gasteiger partial charge in [-0.25, -0.2) is 0 Å². The molecular formula is C18H23N3O2. The molecule has 0 bridgehead atoms. The lowest BCUT2D eigenvalue weighted by atomic mass is 9.93. The Morgan fingerprint density at radius 3 is 2.78 bits per heavy atom. The largest absolute Gasteiger partial charge is 0.425 e. The Morgan fingerprint density at radius 1 is 1.35 bits per heavy atom. The van der Waals surface area contributed by atoms with Crippen LogP contribution in [0, 0.1) is 12.8 Å². The maximum Gasteiger partial charge on any atom is 0.224 e. The van der Waals surface area contributed by atoms with Crippen molar-refractivity contribution in [3.8, 4) is 0 Å². The Labute approximate surface area is 136 Å². The van der Waals surface area contributed by atoms with E-state index in [0.717, 1.165) is 25.1 Å². The van der Waals surface area contributed by atoms with Crippen LogP contribution in [0.15, 0.2) is 34.7 Å². The van der Waals surface area contributed by atoms with E-state index < -0.39 is 0 Å². The highest BCUT2D eigenvalue weighted by Gasteiger charge is 2.28. The highest BCUT2D eigenvalue weighted by Crippen LogP contribution is 2.28. The van der Waals surface area contributed by atoms with Crippen LogP contribution < -0.4 is 0 Å². The molecule has 0 saturated carbocycles. The average Bonchev–Trinajstić information content (AvgIpc) is 2.99. The first-order valence-corrected chi connectivity index (χ1v) is 8.26. The molecule has 23 heavy (non-hydrogen) atoms. The first-order chi connectivity index (χ1) is 11.1. The molecule has 1 aliphatic rings. The second-order valence-corrected chi connectivity index (χ2v) is 6.41. The monoisotopic (exact) mass is 313 g/mol. The van der Waals surface area contributed by atoms with Crippen molar-refractivity contribution < 1.29 is 9.21 Å². The Morgan fingerprint density at radius 2 is 2.13 bits per heavy atom. The molecule has 0 aliphatic carbocycles. The van der Waals surface area contributed by atoms with E-state index in [2.05, 4.69) is 17.1 Å². The number of likely N-dealkylation sites (tertiary alicyclic amines) is 1. The van der Waals surface area contributed by atoms with Crippen molar-refractivity contribution in [2.75, 3.05) is 13.1 Å². The van der Waals surface area contributed by atoms with Gasteiger partial charge in [-0.05, 0) is 24.3 Å². The van der Waals surface area contributed by atoms with E-state index in [1.165, 1.54) is 6.42 Å². The third-order valence-electron chi connectivity index (χ3n) is 4.43. The second kappa shape index (κ2) is 6.94. The zero-order valence-corrected chi connectivity index (χ0v) is 13.7. The number of aromatic nitrogens is 2. The van der Waals surface area contributed by atoms with Gasteiger partial charge in [0, 0.05) is 26.4 Å². The molecule has 122 valence electrons. The Bertz CT molecular complexity index is 653. The summed E-state index contributed by atoms with van der Waals surface area (Å²) in [5.74, 6) is 1.61. The first-order valence-electron chi connectivity index (χ1n) is 8.26. The van der Waals surface area contributed by atoms with E-state index in [1.54, 1.807) is 6.92 Å². The molecule has 5 nitrogen and oxygen atoms in total. The minimum absolute atomic E-state index is 0.168. The van der Waals surface area contributed by atoms with Gasteiger partial charge in [-0.3, -0.25) is 4.79 Å². The van der Waals surface area contributed by atoms with E-state index in [9.17, 15) is 4.79 Å². The number of hydrogen-bond donors (Lipinski definition) is 0. The number of carbonyl (C=O) groups excluding carboxylic acids is 1. The van der Waals surface area contributed by atoms with Crippen LogP contribution in [0.4, 0.5) is 0 Å². The molecular weight excluding hydrogens is 290 g/mol. The molecule has 1 fully saturated rings. The van der Waals surface area contributed by atoms with E-state index >= 15 is 0 Å². The van der Waals surface area contributed by atoms with Crippen LogP contribution in [0.25, 0.3) is 0 Å². The summed E-state index contributed by atoms with van der Waals surface area (Å²) in [4.78, 5) is 14.7. The molecule has 3 rings (SSSR count). The first kappa shape index (κ1) is 15.7. The molecule has 2 aromatic rings. The summed E-state index contributed by atoms with van der Waals surface area (Å²) in [5, 5.41) is 8.07. The van der Waals surface area contributed by atoms with E-state index in [0.29, 0.717) is 24.1 Å². The average molecular weight is 313 g/mol. The molecule has 0 spiro atoms. The maximum atomic E-state index is 12.7. The predicted octanol–water partition coefficient (Wildman–Crippen LogP) is 3.16. The van der Waals surface area contributed by atoms with Crippen LogP contribution in [0.1, 0.15) is 49.4 Å². The Hall–Kier alpha value is -2.17. The summed E-state index contributed by atoms with van der Waals surface area (Å²) in [6.45, 7) is 5.68. The summed E-state index contributed by atoms with van der Waals surface area (Å²) in [6, 6.07) is 9.93. The standard InChI is InChI=1S/C18H23N3O2/c1-13-7-6-10-21(12-13)17(22)11-16(15-8-4-3-5-9-15)18-20-19-14(2)23-18/h3-5,8-9,13,16H,6-7,10-12H2,1-2H3. The molecule has 1 amide bonds. The van der Waals surface area contributed by atoms with Gasteiger partial charge in [0.15, 0.2) is 0 Å². The number of carbonyl (C=O) groups is 1. The van der Waals surface area contributed by atoms with Gasteiger partial charge in [-0.1, -0.05) is 37.3 Å². The van der Waals surface area contributed by atoms with Crippen LogP contribution in [0.5, 0.6) is 0 Å². The zero-order valence-electron chi connectivity index (χ0n) is 13.7. The smallest absolute Gasteiger partial charge is 0.224 e. The highest BCUT2D eigenvalue weighted by atomic mass is 16.4. The molecule has 2 atom stereocenters. The van der Waals surface area contributed by atoms with E-state index in [4.69, 9.17) is 4.42 Å². The van der Waals surface area contributed by atoms with Crippen molar-refractivity contribution in [1.29, 1.82) is 0 Å². The molecule has 5 heteroatoms. The van der Waals surface area contributed by atoms with Crippen molar-refractivity contribution in [2.24, 2.45) is 5.92 Å². The van der Waals surface area contributed by atoms with Crippen molar-refractivity contribution >= 4 is 5.91 Å². The number of piperidine rings is 1. The van der Waals surface area contributed by atoms with Crippen molar-refractivity contribution in [1.82, 2.24) is 15.1 Å². The van der Waals surface area contributed by atoms with Gasteiger partial charge >= 0.3 is 0 Å². The lowest BCUT2D eigenvalue weighted by Gasteiger charge is -2.31. The quantitative estimate of drug-likeness (QED) is 0.870. The van der Waals surface area contributed by atoms with Crippen LogP contribution >= 0.6 is 0 Å². The highest BCUT2D eigenvalue weighted by molar-refractivity contribution is 5.77. The molecule has 1 aliphatic heterocycles. The van der Waals surface area contributed by atoms with Gasteiger partial charge < -0.3 is 9.32 Å². The fourth-order valence-electron chi connectivity index (χ4n) is 3.21. The summed E-state index contributed by atoms with van der Waals surface area (Å²) >= 11 is 0. The molecule has 0 radical (unpaired) electrons. The number of aryl methyl sites for hydroxylation is 1. The van der Waals surface area contributed by atoms with Gasteiger partial charge in [-0.15, -0.1) is 10.2 Å². The summed E-state index contributed by atoms with van der Waals surface area (Å²) in [6.07, 6.45) is 2.66. The lowest BCUT2D eigenvalue weighted by molar-refractivity contribution is -0.133. The van der Waals surface area contributed by atoms with Crippen molar-refractivity contribution in [2.45, 2.75) is 39.0 Å². The lowest BCUT2D eigenvalue weighted by Crippen LogP contribution is -2.39. The number of rotatable bonds is 4. The van der Waals surface area contributed by atoms with Crippen LogP contribution in [0.3, 0.4) is 0 Å². The van der Waals surface area contributed by atoms with E-state index in [-0.39, 0.29) is 11.8 Å². The maximum absolute atomic E-state index is 12.7. The van der Waals surface area contributed by atoms with Gasteiger partial charge in [0.2, 0.25) is 17.7 Å². The molecule has 0 N–H and O–H groups in total. The van der Waals surface area contributed by atoms with Gasteiger partial charge in [-0.2, -0.15) is 0 Å². The third-order valence-corrected chi connectivity index (χ3v) is 4.43. The van der Waals surface area contributed by atoms with Crippen molar-refractivity contribution in [3.05, 3.63) is 47.7 Å². The second-order valence-electron chi connectivity index (χ2n) is 6.41. The minimum Gasteiger partial charge on any atom is -0.425 e. The zero-order chi connectivity index (χ0) is 16.2. The van der Waals surface area contributed by atoms with Crippen molar-refractivity contribution in [3.63, 3.8) is 0 Å². The summed E-state index contributed by atoms with van der Waals surface area (Å²) in [7, 11) is 0. The Balaban J connectivity index is 1.80. The number of nitrogens with zero attached hydrogens (tertiary/aromatic N) is 3.